The van der Waals surface area contributed by atoms with Gasteiger partial charge in [0.1, 0.15) is 10.1 Å². The van der Waals surface area contributed by atoms with Crippen LogP contribution in [0, 0.1) is 6.92 Å². The van der Waals surface area contributed by atoms with E-state index in [1.807, 2.05) is 20.0 Å². The minimum absolute atomic E-state index is 0.287. The number of carbonyl (C=O) groups is 1. The smallest absolute Gasteiger partial charge is 0.338 e. The van der Waals surface area contributed by atoms with Gasteiger partial charge in [0.25, 0.3) is 0 Å². The van der Waals surface area contributed by atoms with Crippen LogP contribution >= 0.6 is 11.8 Å². The van der Waals surface area contributed by atoms with Gasteiger partial charge in [-0.05, 0) is 55.6 Å². The first-order chi connectivity index (χ1) is 9.54. The summed E-state index contributed by atoms with van der Waals surface area (Å²) in [7, 11) is 1.85. The summed E-state index contributed by atoms with van der Waals surface area (Å²) in [6, 6.07) is 3.72. The molecule has 2 aromatic rings. The van der Waals surface area contributed by atoms with Gasteiger partial charge in [0.2, 0.25) is 0 Å². The molecule has 2 heterocycles. The fourth-order valence-electron chi connectivity index (χ4n) is 2.47. The molecule has 1 N–H and O–H groups in total. The van der Waals surface area contributed by atoms with Crippen molar-refractivity contribution in [1.29, 1.82) is 0 Å². The van der Waals surface area contributed by atoms with E-state index in [2.05, 4.69) is 10.1 Å². The lowest BCUT2D eigenvalue weighted by atomic mass is 10.1. The first kappa shape index (κ1) is 13.2. The predicted molar refractivity (Wildman–Crippen MR) is 75.3 cm³/mol. The number of carboxylic acid groups (broad SMARTS) is 1. The van der Waals surface area contributed by atoms with E-state index in [4.69, 9.17) is 0 Å². The molecule has 1 aliphatic carbocycles. The van der Waals surface area contributed by atoms with Gasteiger partial charge in [0, 0.05) is 12.7 Å². The highest BCUT2D eigenvalue weighted by atomic mass is 32.2. The van der Waals surface area contributed by atoms with Gasteiger partial charge < -0.3 is 5.11 Å². The highest BCUT2D eigenvalue weighted by molar-refractivity contribution is 7.99. The van der Waals surface area contributed by atoms with Crippen LogP contribution in [0.3, 0.4) is 0 Å². The lowest BCUT2D eigenvalue weighted by Crippen LogP contribution is -2.04. The van der Waals surface area contributed by atoms with Crippen molar-refractivity contribution in [3.05, 3.63) is 34.6 Å². The van der Waals surface area contributed by atoms with E-state index < -0.39 is 5.97 Å². The molecule has 0 saturated heterocycles. The Balaban J connectivity index is 2.04. The Morgan fingerprint density at radius 3 is 2.85 bits per heavy atom. The van der Waals surface area contributed by atoms with Gasteiger partial charge in [-0.3, -0.25) is 4.68 Å². The van der Waals surface area contributed by atoms with E-state index in [9.17, 15) is 9.90 Å². The van der Waals surface area contributed by atoms with Gasteiger partial charge in [-0.2, -0.15) is 5.10 Å². The molecule has 0 unspecified atom stereocenters. The van der Waals surface area contributed by atoms with E-state index in [0.29, 0.717) is 5.03 Å². The maximum Gasteiger partial charge on any atom is 0.338 e. The summed E-state index contributed by atoms with van der Waals surface area (Å²) < 4.78 is 1.75. The predicted octanol–water partition coefficient (Wildman–Crippen LogP) is 2.46. The Kier molecular flexibility index (Phi) is 3.25. The van der Waals surface area contributed by atoms with Crippen LogP contribution in [0.5, 0.6) is 0 Å². The van der Waals surface area contributed by atoms with Crippen molar-refractivity contribution in [3.63, 3.8) is 0 Å². The number of rotatable bonds is 3. The van der Waals surface area contributed by atoms with Crippen LogP contribution in [-0.4, -0.2) is 25.8 Å². The third-order valence-electron chi connectivity index (χ3n) is 3.41. The summed E-state index contributed by atoms with van der Waals surface area (Å²) >= 11 is 1.36. The van der Waals surface area contributed by atoms with E-state index in [1.54, 1.807) is 10.7 Å². The number of nitrogens with zero attached hydrogens (tertiary/aromatic N) is 3. The van der Waals surface area contributed by atoms with E-state index >= 15 is 0 Å². The van der Waals surface area contributed by atoms with E-state index in [-0.39, 0.29) is 5.56 Å². The molecule has 3 rings (SSSR count). The number of pyridine rings is 1. The van der Waals surface area contributed by atoms with Gasteiger partial charge in [-0.15, -0.1) is 0 Å². The average Bonchev–Trinajstić information content (AvgIpc) is 2.94. The summed E-state index contributed by atoms with van der Waals surface area (Å²) in [6.07, 6.45) is 2.92. The van der Waals surface area contributed by atoms with Crippen LogP contribution in [0.4, 0.5) is 0 Å². The second-order valence-corrected chi connectivity index (χ2v) is 5.96. The largest absolute Gasteiger partial charge is 0.478 e. The number of carboxylic acids is 1. The quantitative estimate of drug-likeness (QED) is 0.940. The lowest BCUT2D eigenvalue weighted by molar-refractivity contribution is 0.0692. The van der Waals surface area contributed by atoms with Crippen molar-refractivity contribution >= 4 is 17.7 Å². The van der Waals surface area contributed by atoms with Crippen molar-refractivity contribution in [2.24, 2.45) is 7.05 Å². The molecule has 0 radical (unpaired) electrons. The van der Waals surface area contributed by atoms with Gasteiger partial charge in [0.05, 0.1) is 11.3 Å². The normalized spacial score (nSPS) is 13.5. The van der Waals surface area contributed by atoms with E-state index in [1.165, 1.54) is 11.8 Å². The first-order valence-corrected chi connectivity index (χ1v) is 7.31. The Hall–Kier alpha value is -1.82. The maximum absolute atomic E-state index is 11.4. The van der Waals surface area contributed by atoms with Crippen LogP contribution in [0.1, 0.15) is 33.7 Å². The average molecular weight is 289 g/mol. The molecule has 0 amide bonds. The van der Waals surface area contributed by atoms with Crippen molar-refractivity contribution in [1.82, 2.24) is 14.8 Å². The van der Waals surface area contributed by atoms with Crippen molar-refractivity contribution in [3.8, 4) is 0 Å². The molecule has 0 spiro atoms. The molecule has 0 saturated carbocycles. The van der Waals surface area contributed by atoms with E-state index in [0.717, 1.165) is 41.2 Å². The topological polar surface area (TPSA) is 68.0 Å². The zero-order valence-corrected chi connectivity index (χ0v) is 12.2. The molecular formula is C14H15N3O2S. The molecule has 1 aliphatic rings. The molecule has 104 valence electrons. The molecule has 20 heavy (non-hydrogen) atoms. The minimum Gasteiger partial charge on any atom is -0.478 e. The lowest BCUT2D eigenvalue weighted by Gasteiger charge is -2.08. The zero-order valence-electron chi connectivity index (χ0n) is 11.4. The number of aromatic carboxylic acids is 1. The fraction of sp³-hybridized carbons (Fsp3) is 0.357. The highest BCUT2D eigenvalue weighted by Gasteiger charge is 2.21. The van der Waals surface area contributed by atoms with Gasteiger partial charge in [-0.25, -0.2) is 9.78 Å². The Morgan fingerprint density at radius 1 is 1.40 bits per heavy atom. The molecular weight excluding hydrogens is 274 g/mol. The van der Waals surface area contributed by atoms with Crippen molar-refractivity contribution in [2.45, 2.75) is 36.2 Å². The third kappa shape index (κ3) is 2.31. The minimum atomic E-state index is -0.923. The fourth-order valence-corrected chi connectivity index (χ4v) is 3.48. The summed E-state index contributed by atoms with van der Waals surface area (Å²) in [6.45, 7) is 1.91. The summed E-state index contributed by atoms with van der Waals surface area (Å²) in [4.78, 5) is 16.0. The molecule has 0 fully saturated rings. The highest BCUT2D eigenvalue weighted by Crippen LogP contribution is 2.32. The van der Waals surface area contributed by atoms with Gasteiger partial charge in [-0.1, -0.05) is 0 Å². The van der Waals surface area contributed by atoms with Gasteiger partial charge >= 0.3 is 5.97 Å². The van der Waals surface area contributed by atoms with Crippen LogP contribution in [-0.2, 0) is 19.9 Å². The van der Waals surface area contributed by atoms with Crippen LogP contribution in [0.25, 0.3) is 0 Å². The molecule has 0 atom stereocenters. The Morgan fingerprint density at radius 2 is 2.20 bits per heavy atom. The van der Waals surface area contributed by atoms with Gasteiger partial charge in [0.15, 0.2) is 0 Å². The second-order valence-electron chi connectivity index (χ2n) is 4.96. The molecule has 5 nitrogen and oxygen atoms in total. The zero-order chi connectivity index (χ0) is 14.3. The number of aryl methyl sites for hydroxylation is 4. The van der Waals surface area contributed by atoms with Crippen molar-refractivity contribution in [2.75, 3.05) is 0 Å². The number of aromatic nitrogens is 3. The second kappa shape index (κ2) is 4.94. The standard InChI is InChI=1S/C14H15N3O2S/c1-8-6-12(17(2)16-8)20-13-10(14(18)19)7-9-4-3-5-11(9)15-13/h6-7H,3-5H2,1-2H3,(H,18,19). The Bertz CT molecular complexity index is 694. The third-order valence-corrected chi connectivity index (χ3v) is 4.50. The SMILES string of the molecule is Cc1cc(Sc2nc3c(cc2C(=O)O)CCC3)n(C)n1. The number of fused-ring (bicyclic) bond motifs is 1. The molecule has 0 aliphatic heterocycles. The number of hydrogen-bond acceptors (Lipinski definition) is 4. The summed E-state index contributed by atoms with van der Waals surface area (Å²) in [5, 5.41) is 15.1. The molecule has 0 aromatic carbocycles. The summed E-state index contributed by atoms with van der Waals surface area (Å²) in [5.41, 5.74) is 3.31. The van der Waals surface area contributed by atoms with Crippen molar-refractivity contribution < 1.29 is 9.90 Å². The number of hydrogen-bond donors (Lipinski definition) is 1. The molecule has 6 heteroatoms. The maximum atomic E-state index is 11.4. The first-order valence-electron chi connectivity index (χ1n) is 6.49. The summed E-state index contributed by atoms with van der Waals surface area (Å²) in [5.74, 6) is -0.923. The van der Waals surface area contributed by atoms with Crippen LogP contribution in [0.2, 0.25) is 0 Å². The molecule has 0 bridgehead atoms. The monoisotopic (exact) mass is 289 g/mol. The Labute approximate surface area is 121 Å². The molecule has 2 aromatic heterocycles. The van der Waals surface area contributed by atoms with Crippen LogP contribution < -0.4 is 0 Å². The van der Waals surface area contributed by atoms with Crippen LogP contribution in [0.15, 0.2) is 22.2 Å².